The van der Waals surface area contributed by atoms with Crippen molar-refractivity contribution in [1.29, 1.82) is 0 Å². The SMILES string of the molecule is Cc1ccc(N(c2ccc(-c3ccc4c(c3)C(C)(C)c3cc5c(cc3-4)C(C)(C)c3ccccc3-5)cc2)c2ccc(-c3ccc4c(c3)C(C)(C)c3cc5c(cc3-4)C(C)(C)c3ccccc3-5)cc2)cc1. The lowest BCUT2D eigenvalue weighted by Gasteiger charge is -2.26. The first kappa shape index (κ1) is 41.0. The summed E-state index contributed by atoms with van der Waals surface area (Å²) >= 11 is 0. The summed E-state index contributed by atoms with van der Waals surface area (Å²) < 4.78 is 0. The molecule has 4 aliphatic rings. The molecule has 0 radical (unpaired) electrons. The van der Waals surface area contributed by atoms with Gasteiger partial charge in [-0.15, -0.1) is 0 Å². The van der Waals surface area contributed by atoms with Gasteiger partial charge >= 0.3 is 0 Å². The molecule has 0 amide bonds. The van der Waals surface area contributed by atoms with E-state index in [1.807, 2.05) is 0 Å². The maximum atomic E-state index is 2.51. The summed E-state index contributed by atoms with van der Waals surface area (Å²) in [4.78, 5) is 2.38. The molecule has 0 aliphatic heterocycles. The van der Waals surface area contributed by atoms with Crippen LogP contribution in [0.5, 0.6) is 0 Å². The van der Waals surface area contributed by atoms with E-state index in [1.165, 1.54) is 117 Å². The highest BCUT2D eigenvalue weighted by molar-refractivity contribution is 5.93. The van der Waals surface area contributed by atoms with Crippen molar-refractivity contribution in [3.8, 4) is 66.8 Å². The molecule has 9 aromatic carbocycles. The van der Waals surface area contributed by atoms with Gasteiger partial charge in [-0.25, -0.2) is 0 Å². The number of aryl methyl sites for hydroxylation is 1. The second kappa shape index (κ2) is 13.9. The third-order valence-electron chi connectivity index (χ3n) is 17.0. The van der Waals surface area contributed by atoms with E-state index in [9.17, 15) is 0 Å². The van der Waals surface area contributed by atoms with Gasteiger partial charge in [0, 0.05) is 38.7 Å². The zero-order chi connectivity index (χ0) is 46.6. The molecular formula is C67H57N. The fourth-order valence-electron chi connectivity index (χ4n) is 13.0. The van der Waals surface area contributed by atoms with E-state index in [4.69, 9.17) is 0 Å². The number of nitrogens with zero attached hydrogens (tertiary/aromatic N) is 1. The zero-order valence-electron chi connectivity index (χ0n) is 40.8. The Morgan fingerprint density at radius 1 is 0.250 bits per heavy atom. The summed E-state index contributed by atoms with van der Waals surface area (Å²) in [6, 6.07) is 69.6. The highest BCUT2D eigenvalue weighted by Gasteiger charge is 2.43. The number of hydrogen-bond donors (Lipinski definition) is 0. The largest absolute Gasteiger partial charge is 0.311 e. The van der Waals surface area contributed by atoms with E-state index in [-0.39, 0.29) is 21.7 Å². The molecule has 0 bridgehead atoms. The molecule has 4 aliphatic carbocycles. The Labute approximate surface area is 402 Å². The van der Waals surface area contributed by atoms with E-state index in [0.717, 1.165) is 17.1 Å². The van der Waals surface area contributed by atoms with E-state index >= 15 is 0 Å². The lowest BCUT2D eigenvalue weighted by Crippen LogP contribution is -2.17. The molecule has 0 saturated carbocycles. The van der Waals surface area contributed by atoms with Crippen molar-refractivity contribution in [2.24, 2.45) is 0 Å². The molecule has 13 rings (SSSR count). The summed E-state index contributed by atoms with van der Waals surface area (Å²) in [6.07, 6.45) is 0. The van der Waals surface area contributed by atoms with Gasteiger partial charge in [0.25, 0.3) is 0 Å². The first-order valence-electron chi connectivity index (χ1n) is 24.6. The molecule has 68 heavy (non-hydrogen) atoms. The van der Waals surface area contributed by atoms with Gasteiger partial charge in [-0.05, 0) is 191 Å². The molecule has 330 valence electrons. The van der Waals surface area contributed by atoms with Gasteiger partial charge < -0.3 is 4.90 Å². The van der Waals surface area contributed by atoms with Crippen LogP contribution >= 0.6 is 0 Å². The van der Waals surface area contributed by atoms with Gasteiger partial charge in [0.1, 0.15) is 0 Å². The second-order valence-electron chi connectivity index (χ2n) is 22.3. The average Bonchev–Trinajstić information content (AvgIpc) is 3.91. The van der Waals surface area contributed by atoms with Crippen molar-refractivity contribution in [1.82, 2.24) is 0 Å². The van der Waals surface area contributed by atoms with Crippen molar-refractivity contribution in [3.05, 3.63) is 232 Å². The third-order valence-corrected chi connectivity index (χ3v) is 17.0. The molecule has 0 heterocycles. The highest BCUT2D eigenvalue weighted by Crippen LogP contribution is 2.58. The Hall–Kier alpha value is -7.22. The third kappa shape index (κ3) is 5.63. The number of fused-ring (bicyclic) bond motifs is 12. The van der Waals surface area contributed by atoms with Crippen LogP contribution in [0, 0.1) is 6.92 Å². The van der Waals surface area contributed by atoms with Crippen molar-refractivity contribution < 1.29 is 0 Å². The van der Waals surface area contributed by atoms with Crippen LogP contribution in [-0.2, 0) is 21.7 Å². The summed E-state index contributed by atoms with van der Waals surface area (Å²) in [5.74, 6) is 0. The van der Waals surface area contributed by atoms with Crippen LogP contribution in [0.15, 0.2) is 182 Å². The van der Waals surface area contributed by atoms with Crippen LogP contribution < -0.4 is 4.90 Å². The minimum atomic E-state index is -0.113. The molecule has 9 aromatic rings. The predicted octanol–water partition coefficient (Wildman–Crippen LogP) is 18.0. The van der Waals surface area contributed by atoms with Crippen molar-refractivity contribution in [3.63, 3.8) is 0 Å². The van der Waals surface area contributed by atoms with Gasteiger partial charge in [-0.3, -0.25) is 0 Å². The molecule has 0 aromatic heterocycles. The van der Waals surface area contributed by atoms with Crippen molar-refractivity contribution in [2.75, 3.05) is 4.90 Å². The molecule has 1 nitrogen and oxygen atoms in total. The predicted molar refractivity (Wildman–Crippen MR) is 287 cm³/mol. The van der Waals surface area contributed by atoms with Gasteiger partial charge in [0.05, 0.1) is 0 Å². The summed E-state index contributed by atoms with van der Waals surface area (Å²) in [7, 11) is 0. The number of benzene rings is 9. The van der Waals surface area contributed by atoms with Gasteiger partial charge in [0.2, 0.25) is 0 Å². The molecular weight excluding hydrogens is 819 g/mol. The fourth-order valence-corrected chi connectivity index (χ4v) is 13.0. The molecule has 0 spiro atoms. The summed E-state index contributed by atoms with van der Waals surface area (Å²) in [5.41, 5.74) is 31.8. The smallest absolute Gasteiger partial charge is 0.0462 e. The number of rotatable bonds is 5. The van der Waals surface area contributed by atoms with Gasteiger partial charge in [-0.1, -0.05) is 170 Å². The van der Waals surface area contributed by atoms with E-state index in [2.05, 4.69) is 249 Å². The standard InChI is InChI=1S/C67H57N/c1-40-18-26-45(27-19-40)68(46-28-20-41(21-29-46)43-24-32-50-54-38-60-52(36-62(54)66(6,7)58(50)34-43)48-14-10-12-16-56(48)64(60,2)3)47-30-22-42(23-31-47)44-25-33-51-55-39-61-53(37-63(55)67(8,9)59(51)35-44)49-15-11-13-17-57(49)65(61,4)5/h10-39H,1-9H3. The minimum Gasteiger partial charge on any atom is -0.311 e. The van der Waals surface area contributed by atoms with Crippen molar-refractivity contribution >= 4 is 17.1 Å². The number of anilines is 3. The summed E-state index contributed by atoms with van der Waals surface area (Å²) in [5, 5.41) is 0. The van der Waals surface area contributed by atoms with Crippen LogP contribution in [0.25, 0.3) is 66.8 Å². The normalized spacial score (nSPS) is 16.2. The van der Waals surface area contributed by atoms with Crippen LogP contribution in [-0.4, -0.2) is 0 Å². The Morgan fingerprint density at radius 3 is 0.897 bits per heavy atom. The van der Waals surface area contributed by atoms with Crippen molar-refractivity contribution in [2.45, 2.75) is 84.0 Å². The van der Waals surface area contributed by atoms with Crippen LogP contribution in [0.4, 0.5) is 17.1 Å². The Morgan fingerprint density at radius 2 is 0.529 bits per heavy atom. The fraction of sp³-hybridized carbons (Fsp3) is 0.194. The van der Waals surface area contributed by atoms with Crippen LogP contribution in [0.3, 0.4) is 0 Å². The maximum Gasteiger partial charge on any atom is 0.0462 e. The quantitative estimate of drug-likeness (QED) is 0.167. The van der Waals surface area contributed by atoms with E-state index in [1.54, 1.807) is 0 Å². The zero-order valence-corrected chi connectivity index (χ0v) is 40.8. The van der Waals surface area contributed by atoms with Gasteiger partial charge in [0.15, 0.2) is 0 Å². The topological polar surface area (TPSA) is 3.24 Å². The molecule has 0 unspecified atom stereocenters. The van der Waals surface area contributed by atoms with Crippen LogP contribution in [0.1, 0.15) is 105 Å². The maximum absolute atomic E-state index is 2.51. The molecule has 0 saturated heterocycles. The van der Waals surface area contributed by atoms with E-state index in [0.29, 0.717) is 0 Å². The Kier molecular flexibility index (Phi) is 8.40. The lowest BCUT2D eigenvalue weighted by atomic mass is 9.79. The number of hydrogen-bond acceptors (Lipinski definition) is 1. The monoisotopic (exact) mass is 875 g/mol. The first-order chi connectivity index (χ1) is 32.6. The first-order valence-corrected chi connectivity index (χ1v) is 24.6. The Bertz CT molecular complexity index is 3380. The van der Waals surface area contributed by atoms with Gasteiger partial charge in [-0.2, -0.15) is 0 Å². The minimum absolute atomic E-state index is 0.0231. The Balaban J connectivity index is 0.812. The molecule has 0 atom stereocenters. The van der Waals surface area contributed by atoms with Crippen LogP contribution in [0.2, 0.25) is 0 Å². The highest BCUT2D eigenvalue weighted by atomic mass is 15.1. The molecule has 0 N–H and O–H groups in total. The average molecular weight is 876 g/mol. The second-order valence-corrected chi connectivity index (χ2v) is 22.3. The summed E-state index contributed by atoms with van der Waals surface area (Å²) in [6.45, 7) is 21.3. The molecule has 0 fully saturated rings. The lowest BCUT2D eigenvalue weighted by molar-refractivity contribution is 0.652. The molecule has 1 heteroatoms. The van der Waals surface area contributed by atoms with E-state index < -0.39 is 0 Å².